The van der Waals surface area contributed by atoms with Gasteiger partial charge in [0, 0.05) is 17.7 Å². The van der Waals surface area contributed by atoms with Crippen molar-refractivity contribution in [2.45, 2.75) is 25.8 Å². The maximum Gasteiger partial charge on any atom is 0.241 e. The van der Waals surface area contributed by atoms with Gasteiger partial charge in [-0.2, -0.15) is 0 Å². The van der Waals surface area contributed by atoms with Gasteiger partial charge in [-0.05, 0) is 45.0 Å². The molecule has 1 aromatic carbocycles. The van der Waals surface area contributed by atoms with Crippen molar-refractivity contribution in [2.75, 3.05) is 25.5 Å². The SMILES string of the molecule is COc1cccc(NC(=O)C(C)N2CCC(C(N)=O)CC2)c1. The van der Waals surface area contributed by atoms with E-state index in [-0.39, 0.29) is 23.8 Å². The fraction of sp³-hybridized carbons (Fsp3) is 0.500. The summed E-state index contributed by atoms with van der Waals surface area (Å²) in [6, 6.07) is 7.02. The largest absolute Gasteiger partial charge is 0.497 e. The standard InChI is InChI=1S/C16H23N3O3/c1-11(19-8-6-12(7-9-19)15(17)20)16(21)18-13-4-3-5-14(10-13)22-2/h3-5,10-12H,6-9H2,1-2H3,(H2,17,20)(H,18,21). The van der Waals surface area contributed by atoms with Crippen LogP contribution in [0.1, 0.15) is 19.8 Å². The van der Waals surface area contributed by atoms with Crippen molar-refractivity contribution in [1.29, 1.82) is 0 Å². The molecule has 0 spiro atoms. The normalized spacial score (nSPS) is 17.7. The molecule has 1 aromatic rings. The van der Waals surface area contributed by atoms with Crippen molar-refractivity contribution in [1.82, 2.24) is 4.90 Å². The molecule has 3 N–H and O–H groups in total. The molecule has 1 aliphatic heterocycles. The number of nitrogens with zero attached hydrogens (tertiary/aromatic N) is 1. The van der Waals surface area contributed by atoms with Gasteiger partial charge in [0.1, 0.15) is 5.75 Å². The summed E-state index contributed by atoms with van der Waals surface area (Å²) in [5.74, 6) is 0.330. The van der Waals surface area contributed by atoms with Crippen molar-refractivity contribution >= 4 is 17.5 Å². The number of hydrogen-bond acceptors (Lipinski definition) is 4. The molecule has 0 bridgehead atoms. The van der Waals surface area contributed by atoms with Crippen molar-refractivity contribution in [3.05, 3.63) is 24.3 Å². The minimum atomic E-state index is -0.250. The zero-order valence-electron chi connectivity index (χ0n) is 13.0. The Bertz CT molecular complexity index is 539. The lowest BCUT2D eigenvalue weighted by atomic mass is 9.95. The first-order valence-electron chi connectivity index (χ1n) is 7.49. The fourth-order valence-electron chi connectivity index (χ4n) is 2.68. The van der Waals surface area contributed by atoms with Gasteiger partial charge in [-0.1, -0.05) is 6.07 Å². The number of likely N-dealkylation sites (tertiary alicyclic amines) is 1. The first kappa shape index (κ1) is 16.3. The lowest BCUT2D eigenvalue weighted by molar-refractivity contribution is -0.124. The number of rotatable bonds is 5. The van der Waals surface area contributed by atoms with E-state index in [1.54, 1.807) is 13.2 Å². The number of nitrogens with one attached hydrogen (secondary N) is 1. The topological polar surface area (TPSA) is 84.7 Å². The number of primary amides is 1. The maximum absolute atomic E-state index is 12.3. The average Bonchev–Trinajstić information content (AvgIpc) is 2.54. The van der Waals surface area contributed by atoms with E-state index in [0.717, 1.165) is 0 Å². The first-order chi connectivity index (χ1) is 10.5. The van der Waals surface area contributed by atoms with Gasteiger partial charge in [0.15, 0.2) is 0 Å². The van der Waals surface area contributed by atoms with Crippen LogP contribution in [-0.2, 0) is 9.59 Å². The first-order valence-corrected chi connectivity index (χ1v) is 7.49. The highest BCUT2D eigenvalue weighted by atomic mass is 16.5. The average molecular weight is 305 g/mol. The van der Waals surface area contributed by atoms with Crippen LogP contribution in [0.4, 0.5) is 5.69 Å². The Morgan fingerprint density at radius 3 is 2.64 bits per heavy atom. The van der Waals surface area contributed by atoms with Crippen molar-refractivity contribution in [2.24, 2.45) is 11.7 Å². The molecular formula is C16H23N3O3. The van der Waals surface area contributed by atoms with E-state index < -0.39 is 0 Å². The van der Waals surface area contributed by atoms with Crippen LogP contribution in [0.25, 0.3) is 0 Å². The monoisotopic (exact) mass is 305 g/mol. The molecule has 1 heterocycles. The second kappa shape index (κ2) is 7.26. The fourth-order valence-corrected chi connectivity index (χ4v) is 2.68. The third-order valence-electron chi connectivity index (χ3n) is 4.20. The molecule has 1 fully saturated rings. The van der Waals surface area contributed by atoms with E-state index in [1.165, 1.54) is 0 Å². The van der Waals surface area contributed by atoms with Crippen molar-refractivity contribution < 1.29 is 14.3 Å². The minimum absolute atomic E-state index is 0.0641. The van der Waals surface area contributed by atoms with Crippen LogP contribution in [0.3, 0.4) is 0 Å². The molecule has 1 atom stereocenters. The summed E-state index contributed by atoms with van der Waals surface area (Å²) in [6.45, 7) is 3.29. The zero-order chi connectivity index (χ0) is 16.1. The van der Waals surface area contributed by atoms with Gasteiger partial charge in [0.25, 0.3) is 0 Å². The molecule has 0 aliphatic carbocycles. The molecule has 6 heteroatoms. The van der Waals surface area contributed by atoms with Gasteiger partial charge in [-0.25, -0.2) is 0 Å². The van der Waals surface area contributed by atoms with E-state index >= 15 is 0 Å². The summed E-state index contributed by atoms with van der Waals surface area (Å²) in [5, 5.41) is 2.90. The number of amides is 2. The van der Waals surface area contributed by atoms with Gasteiger partial charge < -0.3 is 15.8 Å². The highest BCUT2D eigenvalue weighted by molar-refractivity contribution is 5.94. The second-order valence-corrected chi connectivity index (χ2v) is 5.61. The summed E-state index contributed by atoms with van der Waals surface area (Å²) in [7, 11) is 1.59. The summed E-state index contributed by atoms with van der Waals surface area (Å²) in [5.41, 5.74) is 6.04. The Hall–Kier alpha value is -2.08. The predicted molar refractivity (Wildman–Crippen MR) is 84.6 cm³/mol. The number of carbonyl (C=O) groups is 2. The lowest BCUT2D eigenvalue weighted by Gasteiger charge is -2.34. The smallest absolute Gasteiger partial charge is 0.241 e. The van der Waals surface area contributed by atoms with Crippen molar-refractivity contribution in [3.8, 4) is 5.75 Å². The summed E-state index contributed by atoms with van der Waals surface area (Å²) >= 11 is 0. The third-order valence-corrected chi connectivity index (χ3v) is 4.20. The molecule has 1 unspecified atom stereocenters. The van der Waals surface area contributed by atoms with E-state index in [9.17, 15) is 9.59 Å². The van der Waals surface area contributed by atoms with Gasteiger partial charge in [0.05, 0.1) is 13.2 Å². The van der Waals surface area contributed by atoms with E-state index in [0.29, 0.717) is 37.4 Å². The Labute approximate surface area is 130 Å². The minimum Gasteiger partial charge on any atom is -0.497 e. The van der Waals surface area contributed by atoms with Crippen LogP contribution < -0.4 is 15.8 Å². The molecular weight excluding hydrogens is 282 g/mol. The van der Waals surface area contributed by atoms with Crippen LogP contribution in [0, 0.1) is 5.92 Å². The Morgan fingerprint density at radius 2 is 2.05 bits per heavy atom. The molecule has 0 saturated carbocycles. The molecule has 1 aliphatic rings. The summed E-state index contributed by atoms with van der Waals surface area (Å²) < 4.78 is 5.14. The number of carbonyl (C=O) groups excluding carboxylic acids is 2. The number of ether oxygens (including phenoxy) is 1. The van der Waals surface area contributed by atoms with Crippen LogP contribution in [-0.4, -0.2) is 43.0 Å². The van der Waals surface area contributed by atoms with Gasteiger partial charge in [0.2, 0.25) is 11.8 Å². The number of hydrogen-bond donors (Lipinski definition) is 2. The van der Waals surface area contributed by atoms with Crippen LogP contribution in [0.5, 0.6) is 5.75 Å². The molecule has 2 amide bonds. The quantitative estimate of drug-likeness (QED) is 0.856. The van der Waals surface area contributed by atoms with Crippen LogP contribution >= 0.6 is 0 Å². The number of nitrogens with two attached hydrogens (primary N) is 1. The number of anilines is 1. The van der Waals surface area contributed by atoms with E-state index in [1.807, 2.05) is 25.1 Å². The Kier molecular flexibility index (Phi) is 5.38. The molecule has 6 nitrogen and oxygen atoms in total. The molecule has 0 aromatic heterocycles. The highest BCUT2D eigenvalue weighted by Crippen LogP contribution is 2.20. The predicted octanol–water partition coefficient (Wildman–Crippen LogP) is 1.22. The highest BCUT2D eigenvalue weighted by Gasteiger charge is 2.28. The maximum atomic E-state index is 12.3. The van der Waals surface area contributed by atoms with Crippen LogP contribution in [0.15, 0.2) is 24.3 Å². The lowest BCUT2D eigenvalue weighted by Crippen LogP contribution is -2.47. The second-order valence-electron chi connectivity index (χ2n) is 5.61. The van der Waals surface area contributed by atoms with E-state index in [4.69, 9.17) is 10.5 Å². The number of piperidine rings is 1. The van der Waals surface area contributed by atoms with E-state index in [2.05, 4.69) is 10.2 Å². The van der Waals surface area contributed by atoms with Crippen LogP contribution in [0.2, 0.25) is 0 Å². The number of benzene rings is 1. The Morgan fingerprint density at radius 1 is 1.36 bits per heavy atom. The molecule has 0 radical (unpaired) electrons. The van der Waals surface area contributed by atoms with Gasteiger partial charge in [-0.15, -0.1) is 0 Å². The third kappa shape index (κ3) is 3.98. The van der Waals surface area contributed by atoms with Crippen molar-refractivity contribution in [3.63, 3.8) is 0 Å². The molecule has 22 heavy (non-hydrogen) atoms. The zero-order valence-corrected chi connectivity index (χ0v) is 13.0. The summed E-state index contributed by atoms with van der Waals surface area (Å²) in [6.07, 6.45) is 1.43. The molecule has 1 saturated heterocycles. The van der Waals surface area contributed by atoms with Gasteiger partial charge in [-0.3, -0.25) is 14.5 Å². The summed E-state index contributed by atoms with van der Waals surface area (Å²) in [4.78, 5) is 25.6. The molecule has 2 rings (SSSR count). The van der Waals surface area contributed by atoms with Gasteiger partial charge >= 0.3 is 0 Å². The molecule has 120 valence electrons. The Balaban J connectivity index is 1.91. The number of methoxy groups -OCH3 is 1.